The van der Waals surface area contributed by atoms with E-state index in [9.17, 15) is 14.4 Å². The third-order valence-corrected chi connectivity index (χ3v) is 7.10. The van der Waals surface area contributed by atoms with Crippen LogP contribution < -0.4 is 4.90 Å². The van der Waals surface area contributed by atoms with Crippen molar-refractivity contribution in [2.45, 2.75) is 6.92 Å². The number of hydrogen-bond acceptors (Lipinski definition) is 7. The van der Waals surface area contributed by atoms with Gasteiger partial charge in [-0.25, -0.2) is 4.98 Å². The van der Waals surface area contributed by atoms with Gasteiger partial charge in [-0.05, 0) is 30.7 Å². The first-order valence-electron chi connectivity index (χ1n) is 10.9. The Balaban J connectivity index is 0.00000274. The Morgan fingerprint density at radius 1 is 1.06 bits per heavy atom. The van der Waals surface area contributed by atoms with Crippen molar-refractivity contribution < 1.29 is 19.1 Å². The summed E-state index contributed by atoms with van der Waals surface area (Å²) in [4.78, 5) is 48.7. The number of anilines is 1. The predicted molar refractivity (Wildman–Crippen MR) is 133 cm³/mol. The van der Waals surface area contributed by atoms with Crippen molar-refractivity contribution in [1.82, 2.24) is 14.8 Å². The van der Waals surface area contributed by atoms with Crippen LogP contribution in [-0.4, -0.2) is 78.4 Å². The lowest BCUT2D eigenvalue weighted by atomic mass is 10.1. The van der Waals surface area contributed by atoms with Gasteiger partial charge in [0.15, 0.2) is 5.13 Å². The summed E-state index contributed by atoms with van der Waals surface area (Å²) in [6, 6.07) is 12.6. The van der Waals surface area contributed by atoms with E-state index >= 15 is 0 Å². The van der Waals surface area contributed by atoms with Crippen LogP contribution in [0.15, 0.2) is 42.5 Å². The first kappa shape index (κ1) is 24.3. The van der Waals surface area contributed by atoms with Crippen molar-refractivity contribution >= 4 is 56.8 Å². The number of carbonyl (C=O) groups excluding carboxylic acids is 3. The lowest BCUT2D eigenvalue weighted by molar-refractivity contribution is -0.119. The number of ether oxygens (including phenoxy) is 1. The Morgan fingerprint density at radius 2 is 1.74 bits per heavy atom. The highest BCUT2D eigenvalue weighted by atomic mass is 35.5. The van der Waals surface area contributed by atoms with Crippen LogP contribution in [0.3, 0.4) is 0 Å². The number of amides is 3. The largest absolute Gasteiger partial charge is 0.379 e. The normalized spacial score (nSPS) is 16.0. The maximum absolute atomic E-state index is 13.5. The third-order valence-electron chi connectivity index (χ3n) is 6.06. The number of nitrogens with zero attached hydrogens (tertiary/aromatic N) is 4. The van der Waals surface area contributed by atoms with Crippen LogP contribution in [-0.2, 0) is 9.53 Å². The molecule has 1 fully saturated rings. The topological polar surface area (TPSA) is 83.0 Å². The van der Waals surface area contributed by atoms with Crippen LogP contribution in [0, 0.1) is 6.92 Å². The summed E-state index contributed by atoms with van der Waals surface area (Å²) in [7, 11) is 0. The number of morpholine rings is 1. The molecule has 178 valence electrons. The van der Waals surface area contributed by atoms with Crippen molar-refractivity contribution in [3.63, 3.8) is 0 Å². The van der Waals surface area contributed by atoms with Crippen LogP contribution in [0.5, 0.6) is 0 Å². The Labute approximate surface area is 207 Å². The van der Waals surface area contributed by atoms with E-state index in [1.165, 1.54) is 11.3 Å². The van der Waals surface area contributed by atoms with E-state index in [0.717, 1.165) is 33.8 Å². The molecule has 0 radical (unpaired) electrons. The second-order valence-corrected chi connectivity index (χ2v) is 9.17. The van der Waals surface area contributed by atoms with E-state index in [2.05, 4.69) is 4.90 Å². The molecule has 10 heteroatoms. The number of para-hydroxylation sites is 1. The number of fused-ring (bicyclic) bond motifs is 2. The second-order valence-electron chi connectivity index (χ2n) is 8.16. The van der Waals surface area contributed by atoms with Crippen LogP contribution in [0.2, 0.25) is 0 Å². The molecular formula is C24H25ClN4O4S. The van der Waals surface area contributed by atoms with E-state index < -0.39 is 11.8 Å². The number of aromatic nitrogens is 1. The molecule has 2 aromatic carbocycles. The summed E-state index contributed by atoms with van der Waals surface area (Å²) in [6.45, 7) is 5.70. The van der Waals surface area contributed by atoms with E-state index in [4.69, 9.17) is 9.72 Å². The van der Waals surface area contributed by atoms with E-state index in [0.29, 0.717) is 42.6 Å². The number of hydrogen-bond donors (Lipinski definition) is 0. The van der Waals surface area contributed by atoms with Crippen molar-refractivity contribution in [3.05, 3.63) is 59.2 Å². The van der Waals surface area contributed by atoms with Crippen LogP contribution in [0.25, 0.3) is 10.2 Å². The molecule has 1 saturated heterocycles. The van der Waals surface area contributed by atoms with Gasteiger partial charge in [-0.1, -0.05) is 35.6 Å². The van der Waals surface area contributed by atoms with Gasteiger partial charge in [0.05, 0.1) is 34.6 Å². The molecule has 34 heavy (non-hydrogen) atoms. The van der Waals surface area contributed by atoms with Crippen molar-refractivity contribution in [3.8, 4) is 0 Å². The number of imide groups is 1. The quantitative estimate of drug-likeness (QED) is 0.484. The van der Waals surface area contributed by atoms with Crippen molar-refractivity contribution in [1.29, 1.82) is 0 Å². The highest BCUT2D eigenvalue weighted by Gasteiger charge is 2.37. The number of rotatable bonds is 6. The maximum atomic E-state index is 13.5. The molecule has 2 aliphatic rings. The van der Waals surface area contributed by atoms with Gasteiger partial charge in [0.25, 0.3) is 11.8 Å². The van der Waals surface area contributed by atoms with Gasteiger partial charge in [0.2, 0.25) is 5.91 Å². The Hall–Kier alpha value is -2.85. The Kier molecular flexibility index (Phi) is 7.27. The molecule has 0 aliphatic carbocycles. The fourth-order valence-electron chi connectivity index (χ4n) is 4.19. The number of aryl methyl sites for hydroxylation is 1. The monoisotopic (exact) mass is 500 g/mol. The molecule has 0 bridgehead atoms. The molecule has 5 rings (SSSR count). The van der Waals surface area contributed by atoms with Gasteiger partial charge in [-0.15, -0.1) is 12.4 Å². The molecule has 8 nitrogen and oxygen atoms in total. The summed E-state index contributed by atoms with van der Waals surface area (Å²) in [5.41, 5.74) is 2.58. The van der Waals surface area contributed by atoms with Gasteiger partial charge in [0, 0.05) is 26.2 Å². The Morgan fingerprint density at radius 3 is 2.38 bits per heavy atom. The molecule has 0 atom stereocenters. The minimum absolute atomic E-state index is 0. The fourth-order valence-corrected chi connectivity index (χ4v) is 5.27. The number of benzene rings is 2. The zero-order valence-corrected chi connectivity index (χ0v) is 20.4. The average Bonchev–Trinajstić information content (AvgIpc) is 3.36. The first-order valence-corrected chi connectivity index (χ1v) is 11.8. The van der Waals surface area contributed by atoms with Gasteiger partial charge in [-0.3, -0.25) is 29.1 Å². The van der Waals surface area contributed by atoms with E-state index in [-0.39, 0.29) is 24.9 Å². The Bertz CT molecular complexity index is 1210. The number of carbonyl (C=O) groups is 3. The summed E-state index contributed by atoms with van der Waals surface area (Å²) in [6.07, 6.45) is 0. The smallest absolute Gasteiger partial charge is 0.262 e. The third kappa shape index (κ3) is 4.56. The maximum Gasteiger partial charge on any atom is 0.262 e. The minimum atomic E-state index is -0.433. The number of thiazole rings is 1. The molecule has 0 unspecified atom stereocenters. The molecule has 3 amide bonds. The molecule has 0 N–H and O–H groups in total. The van der Waals surface area contributed by atoms with Crippen LogP contribution >= 0.6 is 23.7 Å². The van der Waals surface area contributed by atoms with Gasteiger partial charge < -0.3 is 4.74 Å². The van der Waals surface area contributed by atoms with Crippen molar-refractivity contribution in [2.24, 2.45) is 0 Å². The molecule has 0 saturated carbocycles. The van der Waals surface area contributed by atoms with Crippen LogP contribution in [0.1, 0.15) is 26.3 Å². The second kappa shape index (κ2) is 10.2. The lowest BCUT2D eigenvalue weighted by Crippen LogP contribution is -2.47. The van der Waals surface area contributed by atoms with Gasteiger partial charge in [-0.2, -0.15) is 0 Å². The highest BCUT2D eigenvalue weighted by molar-refractivity contribution is 7.22. The fraction of sp³-hybridized carbons (Fsp3) is 0.333. The average molecular weight is 501 g/mol. The summed E-state index contributed by atoms with van der Waals surface area (Å²) >= 11 is 1.44. The molecule has 3 heterocycles. The summed E-state index contributed by atoms with van der Waals surface area (Å²) in [5.74, 6) is -1.19. The SMILES string of the molecule is Cc1cccc2sc(N(CCN3CCOCC3)C(=O)CN3C(=O)c4ccccc4C3=O)nc12.Cl. The van der Waals surface area contributed by atoms with E-state index in [1.807, 2.05) is 25.1 Å². The molecule has 2 aliphatic heterocycles. The van der Waals surface area contributed by atoms with Crippen LogP contribution in [0.4, 0.5) is 5.13 Å². The van der Waals surface area contributed by atoms with Gasteiger partial charge >= 0.3 is 0 Å². The standard InChI is InChI=1S/C24H24N4O4S.ClH/c1-16-5-4-8-19-21(16)25-24(33-19)27(10-9-26-11-13-32-14-12-26)20(29)15-28-22(30)17-6-2-3-7-18(17)23(28)31;/h2-8H,9-15H2,1H3;1H. The zero-order chi connectivity index (χ0) is 22.9. The molecule has 3 aromatic rings. The lowest BCUT2D eigenvalue weighted by Gasteiger charge is -2.29. The van der Waals surface area contributed by atoms with Crippen molar-refractivity contribution in [2.75, 3.05) is 50.8 Å². The zero-order valence-electron chi connectivity index (χ0n) is 18.7. The van der Waals surface area contributed by atoms with E-state index in [1.54, 1.807) is 29.2 Å². The predicted octanol–water partition coefficient (Wildman–Crippen LogP) is 2.99. The number of halogens is 1. The molecule has 1 aromatic heterocycles. The minimum Gasteiger partial charge on any atom is -0.379 e. The summed E-state index contributed by atoms with van der Waals surface area (Å²) in [5, 5.41) is 0.578. The van der Waals surface area contributed by atoms with Gasteiger partial charge in [0.1, 0.15) is 6.54 Å². The molecular weight excluding hydrogens is 476 g/mol. The highest BCUT2D eigenvalue weighted by Crippen LogP contribution is 2.31. The first-order chi connectivity index (χ1) is 16.0. The molecule has 0 spiro atoms. The summed E-state index contributed by atoms with van der Waals surface area (Å²) < 4.78 is 6.42.